The van der Waals surface area contributed by atoms with E-state index < -0.39 is 0 Å². The van der Waals surface area contributed by atoms with E-state index in [0.717, 1.165) is 16.5 Å². The maximum absolute atomic E-state index is 13.4. The van der Waals surface area contributed by atoms with Gasteiger partial charge in [-0.2, -0.15) is 9.78 Å². The van der Waals surface area contributed by atoms with Crippen LogP contribution < -0.4 is 29.2 Å². The zero-order chi connectivity index (χ0) is 27.5. The number of rotatable bonds is 9. The summed E-state index contributed by atoms with van der Waals surface area (Å²) in [5.41, 5.74) is 1.96. The van der Waals surface area contributed by atoms with Gasteiger partial charge in [0.25, 0.3) is 5.56 Å². The number of benzene rings is 3. The molecule has 202 valence electrons. The summed E-state index contributed by atoms with van der Waals surface area (Å²) in [5, 5.41) is 5.04. The van der Waals surface area contributed by atoms with Crippen molar-refractivity contribution >= 4 is 33.0 Å². The van der Waals surface area contributed by atoms with E-state index in [1.165, 1.54) is 4.68 Å². The van der Waals surface area contributed by atoms with E-state index in [1.807, 2.05) is 37.3 Å². The molecule has 0 bridgehead atoms. The molecule has 3 aromatic carbocycles. The number of nitrogens with zero attached hydrogens (tertiary/aromatic N) is 3. The normalized spacial score (nSPS) is 13.2. The van der Waals surface area contributed by atoms with Gasteiger partial charge in [0.05, 0.1) is 31.3 Å². The summed E-state index contributed by atoms with van der Waals surface area (Å²) in [7, 11) is 3.11. The summed E-state index contributed by atoms with van der Waals surface area (Å²) in [6.45, 7) is 4.55. The Morgan fingerprint density at radius 3 is 2.54 bits per heavy atom. The predicted octanol–water partition coefficient (Wildman–Crippen LogP) is 5.88. The molecule has 4 aromatic rings. The van der Waals surface area contributed by atoms with Crippen molar-refractivity contribution < 1.29 is 23.7 Å². The molecule has 0 N–H and O–H groups in total. The molecule has 1 aliphatic heterocycles. The van der Waals surface area contributed by atoms with Gasteiger partial charge in [-0.1, -0.05) is 35.8 Å². The van der Waals surface area contributed by atoms with E-state index in [1.54, 1.807) is 38.6 Å². The summed E-state index contributed by atoms with van der Waals surface area (Å²) < 4.78 is 30.3. The highest BCUT2D eigenvalue weighted by molar-refractivity contribution is 9.10. The highest BCUT2D eigenvalue weighted by Gasteiger charge is 2.18. The Hall–Kier alpha value is -4.05. The lowest BCUT2D eigenvalue weighted by molar-refractivity contribution is 0.174. The topological polar surface area (TPSA) is 93.4 Å². The number of methoxy groups -OCH3 is 2. The second-order valence-corrected chi connectivity index (χ2v) is 9.95. The molecule has 0 aliphatic carbocycles. The Kier molecular flexibility index (Phi) is 7.74. The number of fused-ring (bicyclic) bond motifs is 2. The van der Waals surface area contributed by atoms with Gasteiger partial charge < -0.3 is 23.7 Å². The lowest BCUT2D eigenvalue weighted by Gasteiger charge is -2.16. The summed E-state index contributed by atoms with van der Waals surface area (Å²) in [6, 6.07) is 14.7. The van der Waals surface area contributed by atoms with Crippen molar-refractivity contribution in [3.05, 3.63) is 80.3 Å². The van der Waals surface area contributed by atoms with Crippen molar-refractivity contribution in [2.75, 3.05) is 21.0 Å². The molecule has 1 aliphatic rings. The van der Waals surface area contributed by atoms with Crippen molar-refractivity contribution in [1.29, 1.82) is 0 Å². The van der Waals surface area contributed by atoms with Gasteiger partial charge in [-0.3, -0.25) is 4.79 Å². The highest BCUT2D eigenvalue weighted by Crippen LogP contribution is 2.39. The molecule has 1 aromatic heterocycles. The van der Waals surface area contributed by atoms with Crippen LogP contribution in [-0.2, 0) is 6.61 Å². The summed E-state index contributed by atoms with van der Waals surface area (Å²) >= 11 is 3.44. The minimum atomic E-state index is -0.240. The monoisotopic (exact) mass is 593 g/mol. The Morgan fingerprint density at radius 1 is 1.08 bits per heavy atom. The summed E-state index contributed by atoms with van der Waals surface area (Å²) in [4.78, 5) is 18.2. The Morgan fingerprint density at radius 2 is 1.82 bits per heavy atom. The van der Waals surface area contributed by atoms with Gasteiger partial charge in [-0.15, -0.1) is 0 Å². The van der Waals surface area contributed by atoms with Crippen LogP contribution in [0.3, 0.4) is 0 Å². The third kappa shape index (κ3) is 5.42. The molecule has 0 spiro atoms. The zero-order valence-corrected chi connectivity index (χ0v) is 23.6. The maximum Gasteiger partial charge on any atom is 0.282 e. The second kappa shape index (κ2) is 11.4. The van der Waals surface area contributed by atoms with Crippen LogP contribution in [0.15, 0.2) is 62.9 Å². The molecule has 5 rings (SSSR count). The van der Waals surface area contributed by atoms with Crippen molar-refractivity contribution in [2.45, 2.75) is 32.8 Å². The van der Waals surface area contributed by atoms with Crippen LogP contribution in [0.2, 0.25) is 0 Å². The average Bonchev–Trinajstić information content (AvgIpc) is 3.43. The van der Waals surface area contributed by atoms with Crippen LogP contribution in [0, 0.1) is 0 Å². The fourth-order valence-electron chi connectivity index (χ4n) is 4.21. The quantitative estimate of drug-likeness (QED) is 0.224. The number of hydrogen-bond acceptors (Lipinski definition) is 8. The van der Waals surface area contributed by atoms with Crippen molar-refractivity contribution in [1.82, 2.24) is 9.66 Å². The first-order valence-corrected chi connectivity index (χ1v) is 13.2. The fourth-order valence-corrected chi connectivity index (χ4v) is 4.57. The number of ether oxygens (including phenoxy) is 5. The minimum Gasteiger partial charge on any atom is -0.493 e. The molecule has 10 heteroatoms. The molecule has 0 saturated heterocycles. The molecular weight excluding hydrogens is 566 g/mol. The summed E-state index contributed by atoms with van der Waals surface area (Å²) in [6.07, 6.45) is 2.40. The van der Waals surface area contributed by atoms with Gasteiger partial charge in [0.1, 0.15) is 12.4 Å². The zero-order valence-electron chi connectivity index (χ0n) is 22.1. The van der Waals surface area contributed by atoms with Crippen molar-refractivity contribution in [2.24, 2.45) is 5.10 Å². The maximum atomic E-state index is 13.4. The number of halogens is 1. The molecule has 0 radical (unpaired) electrons. The summed E-state index contributed by atoms with van der Waals surface area (Å²) in [5.74, 6) is 3.39. The first-order chi connectivity index (χ1) is 18.9. The first-order valence-electron chi connectivity index (χ1n) is 12.5. The van der Waals surface area contributed by atoms with Crippen LogP contribution in [0.25, 0.3) is 10.9 Å². The molecule has 0 unspecified atom stereocenters. The third-order valence-corrected chi connectivity index (χ3v) is 7.01. The molecular formula is C29H28BrN3O6. The number of aromatic nitrogens is 2. The SMILES string of the molecule is CC[C@@H](C)c1nc2ccc(Br)cc2c(=O)n1N=Cc1cc(OC)c(OCc2ccc3c(c2)OCO3)c(OC)c1. The van der Waals surface area contributed by atoms with E-state index in [4.69, 9.17) is 28.7 Å². The van der Waals surface area contributed by atoms with Gasteiger partial charge in [0.2, 0.25) is 12.5 Å². The predicted molar refractivity (Wildman–Crippen MR) is 152 cm³/mol. The minimum absolute atomic E-state index is 0.0268. The molecule has 0 amide bonds. The van der Waals surface area contributed by atoms with Gasteiger partial charge in [-0.25, -0.2) is 4.98 Å². The van der Waals surface area contributed by atoms with Crippen LogP contribution >= 0.6 is 15.9 Å². The second-order valence-electron chi connectivity index (χ2n) is 9.03. The molecule has 39 heavy (non-hydrogen) atoms. The van der Waals surface area contributed by atoms with Crippen LogP contribution in [0.5, 0.6) is 28.7 Å². The van der Waals surface area contributed by atoms with E-state index in [2.05, 4.69) is 28.0 Å². The van der Waals surface area contributed by atoms with Gasteiger partial charge in [0.15, 0.2) is 23.0 Å². The van der Waals surface area contributed by atoms with E-state index in [0.29, 0.717) is 51.0 Å². The van der Waals surface area contributed by atoms with Crippen LogP contribution in [0.1, 0.15) is 43.1 Å². The van der Waals surface area contributed by atoms with E-state index in [-0.39, 0.29) is 24.9 Å². The smallest absolute Gasteiger partial charge is 0.282 e. The van der Waals surface area contributed by atoms with Crippen molar-refractivity contribution in [3.63, 3.8) is 0 Å². The first kappa shape index (κ1) is 26.6. The third-order valence-electron chi connectivity index (χ3n) is 6.51. The van der Waals surface area contributed by atoms with Crippen LogP contribution in [-0.4, -0.2) is 36.9 Å². The molecule has 9 nitrogen and oxygen atoms in total. The lowest BCUT2D eigenvalue weighted by atomic mass is 10.1. The van der Waals surface area contributed by atoms with E-state index >= 15 is 0 Å². The Balaban J connectivity index is 1.48. The molecule has 0 saturated carbocycles. The largest absolute Gasteiger partial charge is 0.493 e. The molecule has 0 fully saturated rings. The Labute approximate surface area is 234 Å². The Bertz CT molecular complexity index is 1590. The molecule has 2 heterocycles. The van der Waals surface area contributed by atoms with E-state index in [9.17, 15) is 4.79 Å². The van der Waals surface area contributed by atoms with Crippen LogP contribution in [0.4, 0.5) is 0 Å². The van der Waals surface area contributed by atoms with Crippen molar-refractivity contribution in [3.8, 4) is 28.7 Å². The standard InChI is InChI=1S/C29H28BrN3O6/c1-5-17(2)28-32-22-8-7-20(30)13-21(22)29(34)33(28)31-14-19-11-25(35-3)27(26(12-19)36-4)37-15-18-6-9-23-24(10-18)39-16-38-23/h6-14,17H,5,15-16H2,1-4H3/t17-/m1/s1. The fraction of sp³-hybridized carbons (Fsp3) is 0.276. The lowest BCUT2D eigenvalue weighted by Crippen LogP contribution is -2.23. The van der Waals surface area contributed by atoms with Gasteiger partial charge in [0, 0.05) is 16.0 Å². The number of hydrogen-bond donors (Lipinski definition) is 0. The average molecular weight is 594 g/mol. The molecule has 1 atom stereocenters. The highest BCUT2D eigenvalue weighted by atomic mass is 79.9. The van der Waals surface area contributed by atoms with Gasteiger partial charge in [-0.05, 0) is 54.4 Å². The van der Waals surface area contributed by atoms with Gasteiger partial charge >= 0.3 is 0 Å².